The van der Waals surface area contributed by atoms with Crippen molar-refractivity contribution in [3.8, 4) is 0 Å². The Bertz CT molecular complexity index is 538. The Labute approximate surface area is 156 Å². The highest BCUT2D eigenvalue weighted by Gasteiger charge is 2.10. The Hall–Kier alpha value is -1.31. The van der Waals surface area contributed by atoms with Gasteiger partial charge in [0.25, 0.3) is 5.91 Å². The number of amides is 1. The van der Waals surface area contributed by atoms with Crippen molar-refractivity contribution in [1.29, 1.82) is 0 Å². The van der Waals surface area contributed by atoms with E-state index >= 15 is 0 Å². The smallest absolute Gasteiger partial charge is 0.251 e. The number of nitrogens with one attached hydrogen (secondary N) is 2. The minimum absolute atomic E-state index is 0. The van der Waals surface area contributed by atoms with Gasteiger partial charge in [0.1, 0.15) is 0 Å². The molecule has 1 aromatic carbocycles. The summed E-state index contributed by atoms with van der Waals surface area (Å²) in [5.41, 5.74) is 7.33. The largest absolute Gasteiger partial charge is 0.370 e. The molecule has 0 heterocycles. The monoisotopic (exact) mass is 432 g/mol. The molecular formula is C17H29IN4O. The van der Waals surface area contributed by atoms with Crippen LogP contribution >= 0.6 is 24.0 Å². The maximum absolute atomic E-state index is 12.1. The standard InChI is InChI=1S/C17H28N4O.HI/c1-6-12(2)20-15(22)14-9-7-8-13(10-14)11-19-16(18)21-17(3,4)5;/h7-10,12H,6,11H2,1-5H3,(H,20,22)(H3,18,19,21);1H. The van der Waals surface area contributed by atoms with E-state index in [-0.39, 0.29) is 41.5 Å². The molecule has 0 aliphatic heterocycles. The number of hydrogen-bond acceptors (Lipinski definition) is 2. The summed E-state index contributed by atoms with van der Waals surface area (Å²) in [6, 6.07) is 7.63. The number of halogens is 1. The Morgan fingerprint density at radius 1 is 1.35 bits per heavy atom. The summed E-state index contributed by atoms with van der Waals surface area (Å²) in [7, 11) is 0. The Morgan fingerprint density at radius 2 is 2.00 bits per heavy atom. The lowest BCUT2D eigenvalue weighted by molar-refractivity contribution is 0.0939. The molecule has 5 nitrogen and oxygen atoms in total. The van der Waals surface area contributed by atoms with Crippen molar-refractivity contribution in [2.24, 2.45) is 10.7 Å². The number of carbonyl (C=O) groups excluding carboxylic acids is 1. The molecule has 4 N–H and O–H groups in total. The summed E-state index contributed by atoms with van der Waals surface area (Å²) < 4.78 is 0. The molecule has 0 fully saturated rings. The summed E-state index contributed by atoms with van der Waals surface area (Å²) in [5, 5.41) is 6.07. The first-order chi connectivity index (χ1) is 10.2. The van der Waals surface area contributed by atoms with Gasteiger partial charge in [-0.3, -0.25) is 4.79 Å². The second kappa shape index (κ2) is 9.75. The summed E-state index contributed by atoms with van der Waals surface area (Å²) in [4.78, 5) is 16.4. The highest BCUT2D eigenvalue weighted by Crippen LogP contribution is 2.08. The van der Waals surface area contributed by atoms with Gasteiger partial charge >= 0.3 is 0 Å². The van der Waals surface area contributed by atoms with E-state index in [0.717, 1.165) is 12.0 Å². The van der Waals surface area contributed by atoms with E-state index in [1.54, 1.807) is 0 Å². The molecule has 0 bridgehead atoms. The highest BCUT2D eigenvalue weighted by atomic mass is 127. The fraction of sp³-hybridized carbons (Fsp3) is 0.529. The lowest BCUT2D eigenvalue weighted by Crippen LogP contribution is -2.44. The highest BCUT2D eigenvalue weighted by molar-refractivity contribution is 14.0. The molecule has 0 aliphatic rings. The van der Waals surface area contributed by atoms with Crippen LogP contribution in [0.25, 0.3) is 0 Å². The molecular weight excluding hydrogens is 403 g/mol. The molecule has 1 unspecified atom stereocenters. The lowest BCUT2D eigenvalue weighted by Gasteiger charge is -2.21. The van der Waals surface area contributed by atoms with Gasteiger partial charge in [-0.25, -0.2) is 4.99 Å². The topological polar surface area (TPSA) is 79.5 Å². The van der Waals surface area contributed by atoms with Crippen molar-refractivity contribution < 1.29 is 4.79 Å². The van der Waals surface area contributed by atoms with Crippen LogP contribution in [0.15, 0.2) is 29.3 Å². The van der Waals surface area contributed by atoms with Crippen LogP contribution in [0.5, 0.6) is 0 Å². The summed E-state index contributed by atoms with van der Waals surface area (Å²) in [6.07, 6.45) is 0.907. The van der Waals surface area contributed by atoms with Crippen LogP contribution in [0.3, 0.4) is 0 Å². The minimum Gasteiger partial charge on any atom is -0.370 e. The van der Waals surface area contributed by atoms with Gasteiger partial charge in [-0.1, -0.05) is 19.1 Å². The molecule has 1 amide bonds. The first kappa shape index (κ1) is 21.7. The molecule has 130 valence electrons. The Kier molecular flexibility index (Phi) is 9.19. The number of hydrogen-bond donors (Lipinski definition) is 3. The molecule has 1 aromatic rings. The third-order valence-electron chi connectivity index (χ3n) is 3.11. The maximum atomic E-state index is 12.1. The molecule has 1 atom stereocenters. The summed E-state index contributed by atoms with van der Waals surface area (Å²) >= 11 is 0. The van der Waals surface area contributed by atoms with Gasteiger partial charge in [-0.15, -0.1) is 24.0 Å². The molecule has 0 saturated heterocycles. The molecule has 0 saturated carbocycles. The number of nitrogens with two attached hydrogens (primary N) is 1. The SMILES string of the molecule is CCC(C)NC(=O)c1cccc(CN=C(N)NC(C)(C)C)c1.I. The lowest BCUT2D eigenvalue weighted by atomic mass is 10.1. The average Bonchev–Trinajstić information content (AvgIpc) is 2.43. The zero-order valence-corrected chi connectivity index (χ0v) is 17.0. The number of carbonyl (C=O) groups is 1. The van der Waals surface area contributed by atoms with Crippen molar-refractivity contribution in [1.82, 2.24) is 10.6 Å². The van der Waals surface area contributed by atoms with Crippen LogP contribution in [0.2, 0.25) is 0 Å². The third kappa shape index (κ3) is 8.78. The van der Waals surface area contributed by atoms with Crippen LogP contribution in [-0.2, 0) is 6.54 Å². The Morgan fingerprint density at radius 3 is 2.57 bits per heavy atom. The first-order valence-electron chi connectivity index (χ1n) is 7.69. The third-order valence-corrected chi connectivity index (χ3v) is 3.11. The van der Waals surface area contributed by atoms with E-state index in [1.807, 2.05) is 58.9 Å². The normalized spacial score (nSPS) is 13.0. The molecule has 6 heteroatoms. The van der Waals surface area contributed by atoms with Crippen LogP contribution < -0.4 is 16.4 Å². The zero-order chi connectivity index (χ0) is 16.8. The van der Waals surface area contributed by atoms with Gasteiger partial charge in [-0.2, -0.15) is 0 Å². The zero-order valence-electron chi connectivity index (χ0n) is 14.6. The average molecular weight is 432 g/mol. The van der Waals surface area contributed by atoms with Crippen molar-refractivity contribution >= 4 is 35.8 Å². The second-order valence-electron chi connectivity index (χ2n) is 6.56. The minimum atomic E-state index is -0.119. The quantitative estimate of drug-likeness (QED) is 0.380. The van der Waals surface area contributed by atoms with Crippen LogP contribution in [0, 0.1) is 0 Å². The maximum Gasteiger partial charge on any atom is 0.251 e. The Balaban J connectivity index is 0.00000484. The van der Waals surface area contributed by atoms with Gasteiger partial charge in [0.15, 0.2) is 5.96 Å². The van der Waals surface area contributed by atoms with E-state index in [4.69, 9.17) is 5.73 Å². The van der Waals surface area contributed by atoms with E-state index in [9.17, 15) is 4.79 Å². The van der Waals surface area contributed by atoms with Crippen molar-refractivity contribution in [3.05, 3.63) is 35.4 Å². The van der Waals surface area contributed by atoms with Crippen LogP contribution in [0.4, 0.5) is 0 Å². The molecule has 1 rings (SSSR count). The predicted molar refractivity (Wildman–Crippen MR) is 107 cm³/mol. The van der Waals surface area contributed by atoms with Crippen molar-refractivity contribution in [2.75, 3.05) is 0 Å². The number of benzene rings is 1. The van der Waals surface area contributed by atoms with E-state index < -0.39 is 0 Å². The van der Waals surface area contributed by atoms with Gasteiger partial charge < -0.3 is 16.4 Å². The van der Waals surface area contributed by atoms with Crippen LogP contribution in [-0.4, -0.2) is 23.4 Å². The van der Waals surface area contributed by atoms with Crippen molar-refractivity contribution in [3.63, 3.8) is 0 Å². The van der Waals surface area contributed by atoms with Gasteiger partial charge in [0, 0.05) is 17.1 Å². The molecule has 0 aromatic heterocycles. The first-order valence-corrected chi connectivity index (χ1v) is 7.69. The number of aliphatic imine (C=N–C) groups is 1. The number of rotatable bonds is 5. The van der Waals surface area contributed by atoms with Crippen molar-refractivity contribution in [2.45, 2.75) is 59.2 Å². The summed E-state index contributed by atoms with van der Waals surface area (Å²) in [5.74, 6) is 0.350. The van der Waals surface area contributed by atoms with E-state index in [0.29, 0.717) is 18.1 Å². The fourth-order valence-electron chi connectivity index (χ4n) is 1.82. The molecule has 23 heavy (non-hydrogen) atoms. The molecule has 0 spiro atoms. The number of guanidine groups is 1. The van der Waals surface area contributed by atoms with Crippen LogP contribution in [0.1, 0.15) is 57.0 Å². The van der Waals surface area contributed by atoms with Gasteiger partial charge in [-0.05, 0) is 51.8 Å². The number of nitrogens with zero attached hydrogens (tertiary/aromatic N) is 1. The predicted octanol–water partition coefficient (Wildman–Crippen LogP) is 3.04. The fourth-order valence-corrected chi connectivity index (χ4v) is 1.82. The van der Waals surface area contributed by atoms with Gasteiger partial charge in [0.05, 0.1) is 6.54 Å². The summed E-state index contributed by atoms with van der Waals surface area (Å²) in [6.45, 7) is 10.5. The van der Waals surface area contributed by atoms with Gasteiger partial charge in [0.2, 0.25) is 0 Å². The van der Waals surface area contributed by atoms with E-state index in [1.165, 1.54) is 0 Å². The molecule has 0 radical (unpaired) electrons. The second-order valence-corrected chi connectivity index (χ2v) is 6.56. The molecule has 0 aliphatic carbocycles. The van der Waals surface area contributed by atoms with E-state index in [2.05, 4.69) is 15.6 Å².